The van der Waals surface area contributed by atoms with Crippen LogP contribution >= 0.6 is 0 Å². The van der Waals surface area contributed by atoms with Gasteiger partial charge in [-0.15, -0.1) is 0 Å². The maximum atomic E-state index is 3.63. The van der Waals surface area contributed by atoms with Crippen LogP contribution in [0.4, 0.5) is 0 Å². The lowest BCUT2D eigenvalue weighted by atomic mass is 10.1. The summed E-state index contributed by atoms with van der Waals surface area (Å²) in [5.74, 6) is 0. The first-order valence-electron chi connectivity index (χ1n) is 6.22. The molecule has 0 radical (unpaired) electrons. The highest BCUT2D eigenvalue weighted by Gasteiger charge is 2.06. The fourth-order valence-electron chi connectivity index (χ4n) is 1.88. The van der Waals surface area contributed by atoms with Gasteiger partial charge in [0, 0.05) is 24.5 Å². The largest absolute Gasteiger partial charge is 0.364 e. The Morgan fingerprint density at radius 3 is 2.73 bits per heavy atom. The number of aromatic amines is 1. The number of unbranched alkanes of at least 4 members (excludes halogenated alkanes) is 1. The van der Waals surface area contributed by atoms with Crippen molar-refractivity contribution in [2.45, 2.75) is 58.5 Å². The average Bonchev–Trinajstić information content (AvgIpc) is 2.75. The Labute approximate surface area is 93.5 Å². The molecule has 1 aromatic heterocycles. The monoisotopic (exact) mass is 208 g/mol. The summed E-state index contributed by atoms with van der Waals surface area (Å²) >= 11 is 0. The highest BCUT2D eigenvalue weighted by molar-refractivity contribution is 5.03. The Morgan fingerprint density at radius 1 is 1.27 bits per heavy atom. The maximum Gasteiger partial charge on any atom is 0.0359 e. The van der Waals surface area contributed by atoms with E-state index in [1.807, 2.05) is 6.20 Å². The lowest BCUT2D eigenvalue weighted by Crippen LogP contribution is -2.28. The molecule has 1 aromatic rings. The molecule has 0 bridgehead atoms. The molecule has 0 aliphatic heterocycles. The summed E-state index contributed by atoms with van der Waals surface area (Å²) in [7, 11) is 0. The van der Waals surface area contributed by atoms with Crippen molar-refractivity contribution in [3.8, 4) is 0 Å². The van der Waals surface area contributed by atoms with Gasteiger partial charge in [0.2, 0.25) is 0 Å². The van der Waals surface area contributed by atoms with Gasteiger partial charge in [0.1, 0.15) is 0 Å². The number of hydrogen-bond acceptors (Lipinski definition) is 1. The summed E-state index contributed by atoms with van der Waals surface area (Å²) in [6, 6.07) is 4.88. The zero-order chi connectivity index (χ0) is 10.9. The van der Waals surface area contributed by atoms with Crippen LogP contribution in [0.1, 0.15) is 51.6 Å². The van der Waals surface area contributed by atoms with E-state index in [1.165, 1.54) is 37.8 Å². The minimum absolute atomic E-state index is 0.693. The number of aromatic nitrogens is 1. The first-order valence-corrected chi connectivity index (χ1v) is 6.22. The van der Waals surface area contributed by atoms with Gasteiger partial charge in [-0.2, -0.15) is 0 Å². The number of rotatable bonds is 8. The van der Waals surface area contributed by atoms with Gasteiger partial charge in [-0.05, 0) is 25.0 Å². The van der Waals surface area contributed by atoms with E-state index in [4.69, 9.17) is 0 Å². The van der Waals surface area contributed by atoms with Gasteiger partial charge >= 0.3 is 0 Å². The zero-order valence-electron chi connectivity index (χ0n) is 10.1. The molecule has 0 aliphatic carbocycles. The molecule has 0 spiro atoms. The van der Waals surface area contributed by atoms with Crippen LogP contribution in [0.5, 0.6) is 0 Å². The summed E-state index contributed by atoms with van der Waals surface area (Å²) in [4.78, 5) is 3.23. The lowest BCUT2D eigenvalue weighted by Gasteiger charge is -2.17. The molecule has 0 saturated heterocycles. The Hall–Kier alpha value is -0.760. The van der Waals surface area contributed by atoms with Crippen LogP contribution in [0.15, 0.2) is 18.3 Å². The molecule has 2 nitrogen and oxygen atoms in total. The van der Waals surface area contributed by atoms with Crippen molar-refractivity contribution in [3.05, 3.63) is 24.0 Å². The Balaban J connectivity index is 2.24. The van der Waals surface area contributed by atoms with Crippen molar-refractivity contribution >= 4 is 0 Å². The zero-order valence-corrected chi connectivity index (χ0v) is 10.1. The molecular weight excluding hydrogens is 184 g/mol. The number of hydrogen-bond donors (Lipinski definition) is 2. The molecule has 86 valence electrons. The normalized spacial score (nSPS) is 12.9. The number of nitrogens with one attached hydrogen (secondary N) is 2. The fourth-order valence-corrected chi connectivity index (χ4v) is 1.88. The van der Waals surface area contributed by atoms with Crippen LogP contribution in [0.25, 0.3) is 0 Å². The molecule has 1 unspecified atom stereocenters. The van der Waals surface area contributed by atoms with Gasteiger partial charge in [-0.25, -0.2) is 0 Å². The highest BCUT2D eigenvalue weighted by Crippen LogP contribution is 2.07. The van der Waals surface area contributed by atoms with Crippen LogP contribution in [0, 0.1) is 0 Å². The van der Waals surface area contributed by atoms with Crippen LogP contribution in [0.3, 0.4) is 0 Å². The molecule has 0 saturated carbocycles. The fraction of sp³-hybridized carbons (Fsp3) is 0.692. The SMILES string of the molecule is CCCCC(CCC)NCc1ccc[nH]1. The smallest absolute Gasteiger partial charge is 0.0359 e. The minimum Gasteiger partial charge on any atom is -0.364 e. The summed E-state index contributed by atoms with van der Waals surface area (Å²) < 4.78 is 0. The van der Waals surface area contributed by atoms with E-state index in [1.54, 1.807) is 0 Å². The van der Waals surface area contributed by atoms with Crippen molar-refractivity contribution in [2.75, 3.05) is 0 Å². The topological polar surface area (TPSA) is 27.8 Å². The van der Waals surface area contributed by atoms with Crippen molar-refractivity contribution in [3.63, 3.8) is 0 Å². The highest BCUT2D eigenvalue weighted by atomic mass is 14.9. The summed E-state index contributed by atoms with van der Waals surface area (Å²) in [6.45, 7) is 5.49. The van der Waals surface area contributed by atoms with E-state index in [-0.39, 0.29) is 0 Å². The molecule has 2 N–H and O–H groups in total. The van der Waals surface area contributed by atoms with Gasteiger partial charge in [0.25, 0.3) is 0 Å². The molecule has 0 fully saturated rings. The predicted octanol–water partition coefficient (Wildman–Crippen LogP) is 3.46. The van der Waals surface area contributed by atoms with Crippen molar-refractivity contribution in [1.29, 1.82) is 0 Å². The van der Waals surface area contributed by atoms with Crippen molar-refractivity contribution < 1.29 is 0 Å². The third-order valence-electron chi connectivity index (χ3n) is 2.79. The molecule has 1 atom stereocenters. The molecule has 0 amide bonds. The molecule has 2 heteroatoms. The summed E-state index contributed by atoms with van der Waals surface area (Å²) in [5.41, 5.74) is 1.28. The quantitative estimate of drug-likeness (QED) is 0.672. The molecule has 0 aliphatic rings. The molecule has 15 heavy (non-hydrogen) atoms. The van der Waals surface area contributed by atoms with Crippen molar-refractivity contribution in [1.82, 2.24) is 10.3 Å². The minimum atomic E-state index is 0.693. The van der Waals surface area contributed by atoms with Gasteiger partial charge in [-0.1, -0.05) is 33.1 Å². The van der Waals surface area contributed by atoms with E-state index >= 15 is 0 Å². The standard InChI is InChI=1S/C13H24N2/c1-3-5-8-12(7-4-2)15-11-13-9-6-10-14-13/h6,9-10,12,14-15H,3-5,7-8,11H2,1-2H3. The van der Waals surface area contributed by atoms with Crippen LogP contribution in [0.2, 0.25) is 0 Å². The Kier molecular flexibility index (Phi) is 6.17. The first-order chi connectivity index (χ1) is 7.36. The van der Waals surface area contributed by atoms with E-state index in [2.05, 4.69) is 36.3 Å². The molecule has 0 aromatic carbocycles. The Bertz CT molecular complexity index is 229. The second-order valence-electron chi connectivity index (χ2n) is 4.20. The van der Waals surface area contributed by atoms with Crippen LogP contribution < -0.4 is 5.32 Å². The second kappa shape index (κ2) is 7.52. The second-order valence-corrected chi connectivity index (χ2v) is 4.20. The molecular formula is C13H24N2. The summed E-state index contributed by atoms with van der Waals surface area (Å²) in [5, 5.41) is 3.63. The van der Waals surface area contributed by atoms with Crippen LogP contribution in [-0.4, -0.2) is 11.0 Å². The summed E-state index contributed by atoms with van der Waals surface area (Å²) in [6.07, 6.45) is 8.49. The van der Waals surface area contributed by atoms with E-state index in [0.29, 0.717) is 6.04 Å². The first kappa shape index (κ1) is 12.3. The third kappa shape index (κ3) is 5.03. The molecule has 1 rings (SSSR count). The van der Waals surface area contributed by atoms with Gasteiger partial charge < -0.3 is 10.3 Å². The van der Waals surface area contributed by atoms with E-state index in [9.17, 15) is 0 Å². The molecule has 1 heterocycles. The van der Waals surface area contributed by atoms with Crippen molar-refractivity contribution in [2.24, 2.45) is 0 Å². The lowest BCUT2D eigenvalue weighted by molar-refractivity contribution is 0.432. The van der Waals surface area contributed by atoms with Gasteiger partial charge in [0.05, 0.1) is 0 Å². The predicted molar refractivity (Wildman–Crippen MR) is 65.9 cm³/mol. The Morgan fingerprint density at radius 2 is 2.13 bits per heavy atom. The van der Waals surface area contributed by atoms with Gasteiger partial charge in [0.15, 0.2) is 0 Å². The maximum absolute atomic E-state index is 3.63. The average molecular weight is 208 g/mol. The van der Waals surface area contributed by atoms with Crippen LogP contribution in [-0.2, 0) is 6.54 Å². The van der Waals surface area contributed by atoms with Gasteiger partial charge in [-0.3, -0.25) is 0 Å². The van der Waals surface area contributed by atoms with E-state index < -0.39 is 0 Å². The van der Waals surface area contributed by atoms with E-state index in [0.717, 1.165) is 6.54 Å². The number of H-pyrrole nitrogens is 1. The third-order valence-corrected chi connectivity index (χ3v) is 2.79.